The molecular formula is C44H28O. The van der Waals surface area contributed by atoms with E-state index in [1.165, 1.54) is 0 Å². The highest BCUT2D eigenvalue weighted by atomic mass is 16.3. The maximum absolute atomic E-state index is 9.59. The Morgan fingerprint density at radius 3 is 1.58 bits per heavy atom. The molecule has 9 aromatic rings. The number of para-hydroxylation sites is 1. The zero-order valence-corrected chi connectivity index (χ0v) is 23.5. The summed E-state index contributed by atoms with van der Waals surface area (Å²) in [5.41, 5.74) is 1.50. The van der Waals surface area contributed by atoms with Crippen LogP contribution in [0.3, 0.4) is 0 Å². The number of fused-ring (bicyclic) bond motifs is 5. The van der Waals surface area contributed by atoms with Crippen LogP contribution >= 0.6 is 0 Å². The van der Waals surface area contributed by atoms with Crippen molar-refractivity contribution < 1.29 is 23.6 Å². The Labute approximate surface area is 281 Å². The Hall–Kier alpha value is -5.92. The van der Waals surface area contributed by atoms with Crippen molar-refractivity contribution in [1.82, 2.24) is 0 Å². The molecule has 0 radical (unpaired) electrons. The Bertz CT molecular complexity index is 3220. The molecular weight excluding hydrogens is 544 g/mol. The topological polar surface area (TPSA) is 13.1 Å². The number of furan rings is 1. The van der Waals surface area contributed by atoms with Crippen LogP contribution in [-0.4, -0.2) is 0 Å². The van der Waals surface area contributed by atoms with Gasteiger partial charge in [0.15, 0.2) is 0 Å². The molecule has 0 N–H and O–H groups in total. The van der Waals surface area contributed by atoms with Gasteiger partial charge in [0, 0.05) is 16.3 Å². The van der Waals surface area contributed by atoms with E-state index in [4.69, 9.17) is 20.9 Å². The molecule has 1 nitrogen and oxygen atoms in total. The molecule has 0 aliphatic rings. The van der Waals surface area contributed by atoms with Crippen molar-refractivity contribution in [2.24, 2.45) is 0 Å². The first-order chi connectivity index (χ1) is 28.2. The highest BCUT2D eigenvalue weighted by molar-refractivity contribution is 6.24. The van der Waals surface area contributed by atoms with E-state index in [9.17, 15) is 2.74 Å². The summed E-state index contributed by atoms with van der Waals surface area (Å²) in [6.45, 7) is 0. The minimum atomic E-state index is -0.667. The van der Waals surface area contributed by atoms with Gasteiger partial charge in [0.2, 0.25) is 0 Å². The van der Waals surface area contributed by atoms with Gasteiger partial charge >= 0.3 is 0 Å². The van der Waals surface area contributed by atoms with E-state index < -0.39 is 90.2 Å². The fourth-order valence-corrected chi connectivity index (χ4v) is 6.28. The summed E-state index contributed by atoms with van der Waals surface area (Å²) in [6.07, 6.45) is 0. The van der Waals surface area contributed by atoms with E-state index in [0.29, 0.717) is 54.8 Å². The molecule has 0 fully saturated rings. The van der Waals surface area contributed by atoms with Crippen LogP contribution in [0, 0.1) is 0 Å². The molecule has 45 heavy (non-hydrogen) atoms. The Balaban J connectivity index is 1.47. The normalized spacial score (nSPS) is 15.9. The van der Waals surface area contributed by atoms with Gasteiger partial charge in [-0.05, 0) is 78.7 Å². The fraction of sp³-hybridized carbons (Fsp3) is 0. The SMILES string of the molecule is [2H]c1c([2H])c([2H])c(-c2c([2H])c([2H])c([2H])c(-c3c4ccccc4c(-c4ccc5c(oc6ccccc65)c4-c4c([2H])c([2H])c([2H])c([2H])c4[2H])c4ccccc34)c2[2H])c([2H])c1[2H]. The molecule has 1 heteroatoms. The molecule has 0 spiro atoms. The number of hydrogen-bond donors (Lipinski definition) is 0. The Morgan fingerprint density at radius 1 is 0.378 bits per heavy atom. The molecule has 1 heterocycles. The van der Waals surface area contributed by atoms with Crippen LogP contribution in [0.2, 0.25) is 0 Å². The van der Waals surface area contributed by atoms with Crippen LogP contribution in [0.15, 0.2) is 174 Å². The number of hydrogen-bond acceptors (Lipinski definition) is 1. The van der Waals surface area contributed by atoms with Crippen molar-refractivity contribution in [3.8, 4) is 44.5 Å². The van der Waals surface area contributed by atoms with Crippen molar-refractivity contribution >= 4 is 43.5 Å². The second-order valence-electron chi connectivity index (χ2n) is 10.6. The summed E-state index contributed by atoms with van der Waals surface area (Å²) in [4.78, 5) is 0. The number of benzene rings is 8. The van der Waals surface area contributed by atoms with Crippen LogP contribution in [0.1, 0.15) is 19.2 Å². The van der Waals surface area contributed by atoms with Gasteiger partial charge in [-0.25, -0.2) is 0 Å². The Kier molecular flexibility index (Phi) is 3.50. The molecule has 0 aliphatic heterocycles. The van der Waals surface area contributed by atoms with Crippen molar-refractivity contribution in [2.45, 2.75) is 0 Å². The minimum Gasteiger partial charge on any atom is -0.455 e. The zero-order chi connectivity index (χ0) is 41.9. The fourth-order valence-electron chi connectivity index (χ4n) is 6.28. The molecule has 9 rings (SSSR count). The van der Waals surface area contributed by atoms with E-state index in [0.717, 1.165) is 5.39 Å². The average molecular weight is 587 g/mol. The second-order valence-corrected chi connectivity index (χ2v) is 10.6. The third-order valence-electron chi connectivity index (χ3n) is 8.12. The predicted octanol–water partition coefficient (Wildman–Crippen LogP) is 12.6. The molecule has 0 aliphatic carbocycles. The lowest BCUT2D eigenvalue weighted by atomic mass is 9.83. The lowest BCUT2D eigenvalue weighted by Crippen LogP contribution is -1.93. The highest BCUT2D eigenvalue weighted by Crippen LogP contribution is 2.49. The lowest BCUT2D eigenvalue weighted by Gasteiger charge is -2.20. The van der Waals surface area contributed by atoms with Crippen molar-refractivity contribution in [3.63, 3.8) is 0 Å². The number of rotatable bonds is 4. The molecule has 210 valence electrons. The summed E-state index contributed by atoms with van der Waals surface area (Å²) in [6, 6.07) is 17.4. The van der Waals surface area contributed by atoms with Gasteiger partial charge in [-0.3, -0.25) is 0 Å². The van der Waals surface area contributed by atoms with Crippen LogP contribution in [-0.2, 0) is 0 Å². The standard InChI is InChI=1S/C44H28O/c1-3-14-29(15-4-1)31-18-13-19-32(28-31)41-34-21-7-9-23-36(34)43(37-24-10-8-22-35(37)41)39-27-26-38-33-20-11-12-25-40(33)45-44(38)42(39)30-16-5-2-6-17-30/h1-28H/i1D,2D,3D,4D,5D,6D,13D,14D,15D,16D,17D,18D,19D,28D. The van der Waals surface area contributed by atoms with Gasteiger partial charge in [-0.1, -0.05) is 151 Å². The van der Waals surface area contributed by atoms with E-state index in [1.807, 2.05) is 42.5 Å². The maximum atomic E-state index is 9.59. The van der Waals surface area contributed by atoms with E-state index >= 15 is 0 Å². The molecule has 0 amide bonds. The van der Waals surface area contributed by atoms with E-state index in [2.05, 4.69) is 0 Å². The second kappa shape index (κ2) is 10.4. The van der Waals surface area contributed by atoms with Gasteiger partial charge in [0.1, 0.15) is 11.2 Å². The van der Waals surface area contributed by atoms with Gasteiger partial charge in [0.25, 0.3) is 0 Å². The van der Waals surface area contributed by atoms with Crippen molar-refractivity contribution in [3.05, 3.63) is 170 Å². The molecule has 0 unspecified atom stereocenters. The third-order valence-corrected chi connectivity index (χ3v) is 8.12. The quantitative estimate of drug-likeness (QED) is 0.187. The van der Waals surface area contributed by atoms with Crippen LogP contribution in [0.25, 0.3) is 88.0 Å². The summed E-state index contributed by atoms with van der Waals surface area (Å²) in [5.74, 6) is 0. The van der Waals surface area contributed by atoms with Crippen LogP contribution in [0.5, 0.6) is 0 Å². The third kappa shape index (κ3) is 4.09. The summed E-state index contributed by atoms with van der Waals surface area (Å²) in [7, 11) is 0. The first kappa shape index (κ1) is 15.2. The summed E-state index contributed by atoms with van der Waals surface area (Å²) < 4.78 is 129. The lowest BCUT2D eigenvalue weighted by molar-refractivity contribution is 0.670. The Morgan fingerprint density at radius 2 is 0.911 bits per heavy atom. The molecule has 0 saturated carbocycles. The molecule has 0 atom stereocenters. The maximum Gasteiger partial charge on any atom is 0.143 e. The summed E-state index contributed by atoms with van der Waals surface area (Å²) in [5, 5.41) is 3.53. The van der Waals surface area contributed by atoms with Crippen molar-refractivity contribution in [1.29, 1.82) is 0 Å². The van der Waals surface area contributed by atoms with Gasteiger partial charge in [-0.2, -0.15) is 0 Å². The van der Waals surface area contributed by atoms with E-state index in [1.54, 1.807) is 42.5 Å². The first-order valence-corrected chi connectivity index (χ1v) is 14.3. The monoisotopic (exact) mass is 586 g/mol. The van der Waals surface area contributed by atoms with Gasteiger partial charge in [0.05, 0.1) is 19.2 Å². The van der Waals surface area contributed by atoms with Crippen LogP contribution < -0.4 is 0 Å². The average Bonchev–Trinajstić information content (AvgIpc) is 3.63. The summed E-state index contributed by atoms with van der Waals surface area (Å²) >= 11 is 0. The van der Waals surface area contributed by atoms with Crippen LogP contribution in [0.4, 0.5) is 0 Å². The smallest absolute Gasteiger partial charge is 0.143 e. The molecule has 1 aromatic heterocycles. The molecule has 8 aromatic carbocycles. The van der Waals surface area contributed by atoms with Gasteiger partial charge < -0.3 is 4.42 Å². The van der Waals surface area contributed by atoms with Crippen molar-refractivity contribution in [2.75, 3.05) is 0 Å². The minimum absolute atomic E-state index is 0.0667. The highest BCUT2D eigenvalue weighted by Gasteiger charge is 2.22. The van der Waals surface area contributed by atoms with Gasteiger partial charge in [-0.15, -0.1) is 0 Å². The van der Waals surface area contributed by atoms with E-state index in [-0.39, 0.29) is 22.3 Å². The molecule has 0 saturated heterocycles. The largest absolute Gasteiger partial charge is 0.455 e. The predicted molar refractivity (Wildman–Crippen MR) is 190 cm³/mol. The first-order valence-electron chi connectivity index (χ1n) is 21.3. The zero-order valence-electron chi connectivity index (χ0n) is 37.5. The molecule has 0 bridgehead atoms.